The molecule has 1 atom stereocenters. The molecule has 0 saturated heterocycles. The van der Waals surface area contributed by atoms with Gasteiger partial charge in [-0.2, -0.15) is 0 Å². The Hall–Kier alpha value is -1.22. The van der Waals surface area contributed by atoms with Gasteiger partial charge in [0.1, 0.15) is 0 Å². The highest BCUT2D eigenvalue weighted by Gasteiger charge is 2.34. The number of ether oxygens (including phenoxy) is 2. The maximum atomic E-state index is 5.37. The van der Waals surface area contributed by atoms with Gasteiger partial charge in [-0.05, 0) is 49.3 Å². The van der Waals surface area contributed by atoms with Crippen LogP contribution in [0.1, 0.15) is 51.1 Å². The number of benzene rings is 1. The van der Waals surface area contributed by atoms with Crippen molar-refractivity contribution in [3.05, 3.63) is 23.8 Å². The Morgan fingerprint density at radius 3 is 2.40 bits per heavy atom. The molecule has 1 aromatic carbocycles. The summed E-state index contributed by atoms with van der Waals surface area (Å²) in [4.78, 5) is 0. The standard InChI is InChI=1S/C17H27NO2/c1-5-17(9-6-10-17)12-18-13(2)14-7-8-15(19-3)16(11-14)20-4/h7-8,11,13,18H,5-6,9-10,12H2,1-4H3. The van der Waals surface area contributed by atoms with Crippen molar-refractivity contribution >= 4 is 0 Å². The lowest BCUT2D eigenvalue weighted by Gasteiger charge is -2.42. The second kappa shape index (κ2) is 6.49. The van der Waals surface area contributed by atoms with Crippen LogP contribution in [0.25, 0.3) is 0 Å². The summed E-state index contributed by atoms with van der Waals surface area (Å²) in [5.74, 6) is 1.58. The Morgan fingerprint density at radius 2 is 1.90 bits per heavy atom. The van der Waals surface area contributed by atoms with Crippen LogP contribution < -0.4 is 14.8 Å². The van der Waals surface area contributed by atoms with E-state index in [2.05, 4.69) is 31.3 Å². The molecule has 1 unspecified atom stereocenters. The molecule has 0 aromatic heterocycles. The van der Waals surface area contributed by atoms with Crippen LogP contribution in [0.2, 0.25) is 0 Å². The molecular formula is C17H27NO2. The van der Waals surface area contributed by atoms with Crippen molar-refractivity contribution in [2.45, 2.75) is 45.6 Å². The third-order valence-corrected chi connectivity index (χ3v) is 4.86. The topological polar surface area (TPSA) is 30.5 Å². The molecule has 112 valence electrons. The van der Waals surface area contributed by atoms with Crippen LogP contribution in [0.15, 0.2) is 18.2 Å². The van der Waals surface area contributed by atoms with Gasteiger partial charge in [-0.15, -0.1) is 0 Å². The zero-order chi connectivity index (χ0) is 14.6. The Bertz CT molecular complexity index is 435. The SMILES string of the molecule is CCC1(CNC(C)c2ccc(OC)c(OC)c2)CCC1. The molecular weight excluding hydrogens is 250 g/mol. The van der Waals surface area contributed by atoms with Gasteiger partial charge in [-0.3, -0.25) is 0 Å². The fourth-order valence-corrected chi connectivity index (χ4v) is 2.94. The van der Waals surface area contributed by atoms with Gasteiger partial charge in [-0.1, -0.05) is 19.4 Å². The first-order valence-electron chi connectivity index (χ1n) is 7.59. The van der Waals surface area contributed by atoms with Gasteiger partial charge in [0.25, 0.3) is 0 Å². The van der Waals surface area contributed by atoms with Crippen LogP contribution in [-0.2, 0) is 0 Å². The number of methoxy groups -OCH3 is 2. The smallest absolute Gasteiger partial charge is 0.161 e. The monoisotopic (exact) mass is 277 g/mol. The maximum absolute atomic E-state index is 5.37. The van der Waals surface area contributed by atoms with Crippen LogP contribution >= 0.6 is 0 Å². The summed E-state index contributed by atoms with van der Waals surface area (Å²) < 4.78 is 10.7. The number of hydrogen-bond donors (Lipinski definition) is 1. The van der Waals surface area contributed by atoms with Crippen molar-refractivity contribution < 1.29 is 9.47 Å². The lowest BCUT2D eigenvalue weighted by Crippen LogP contribution is -2.40. The van der Waals surface area contributed by atoms with Crippen LogP contribution in [-0.4, -0.2) is 20.8 Å². The van der Waals surface area contributed by atoms with Gasteiger partial charge < -0.3 is 14.8 Å². The van der Waals surface area contributed by atoms with Gasteiger partial charge in [0, 0.05) is 12.6 Å². The molecule has 1 aromatic rings. The molecule has 0 amide bonds. The first-order chi connectivity index (χ1) is 9.64. The second-order valence-electron chi connectivity index (χ2n) is 5.92. The van der Waals surface area contributed by atoms with E-state index in [1.165, 1.54) is 31.2 Å². The summed E-state index contributed by atoms with van der Waals surface area (Å²) in [6.45, 7) is 5.63. The van der Waals surface area contributed by atoms with E-state index in [4.69, 9.17) is 9.47 Å². The summed E-state index contributed by atoms with van der Waals surface area (Å²) in [5.41, 5.74) is 1.79. The Balaban J connectivity index is 2.00. The lowest BCUT2D eigenvalue weighted by atomic mass is 9.67. The molecule has 0 spiro atoms. The molecule has 1 aliphatic rings. The van der Waals surface area contributed by atoms with Crippen LogP contribution in [0, 0.1) is 5.41 Å². The fraction of sp³-hybridized carbons (Fsp3) is 0.647. The predicted molar refractivity (Wildman–Crippen MR) is 82.5 cm³/mol. The van der Waals surface area contributed by atoms with E-state index in [-0.39, 0.29) is 0 Å². The highest BCUT2D eigenvalue weighted by Crippen LogP contribution is 2.43. The molecule has 3 heteroatoms. The van der Waals surface area contributed by atoms with Crippen molar-refractivity contribution in [3.63, 3.8) is 0 Å². The average Bonchev–Trinajstić information content (AvgIpc) is 2.45. The van der Waals surface area contributed by atoms with E-state index in [9.17, 15) is 0 Å². The predicted octanol–water partition coefficient (Wildman–Crippen LogP) is 3.93. The van der Waals surface area contributed by atoms with Crippen LogP contribution in [0.4, 0.5) is 0 Å². The molecule has 1 fully saturated rings. The Kier molecular flexibility index (Phi) is 4.92. The molecule has 20 heavy (non-hydrogen) atoms. The molecule has 0 bridgehead atoms. The van der Waals surface area contributed by atoms with E-state index in [0.717, 1.165) is 18.0 Å². The average molecular weight is 277 g/mol. The summed E-state index contributed by atoms with van der Waals surface area (Å²) in [6.07, 6.45) is 5.41. The molecule has 0 aliphatic heterocycles. The fourth-order valence-electron chi connectivity index (χ4n) is 2.94. The normalized spacial score (nSPS) is 18.2. The molecule has 1 aliphatic carbocycles. The van der Waals surface area contributed by atoms with Crippen molar-refractivity contribution in [1.29, 1.82) is 0 Å². The third-order valence-electron chi connectivity index (χ3n) is 4.86. The van der Waals surface area contributed by atoms with Crippen LogP contribution in [0.3, 0.4) is 0 Å². The zero-order valence-electron chi connectivity index (χ0n) is 13.2. The Labute approximate surface area is 122 Å². The van der Waals surface area contributed by atoms with Crippen molar-refractivity contribution in [2.75, 3.05) is 20.8 Å². The van der Waals surface area contributed by atoms with Gasteiger partial charge >= 0.3 is 0 Å². The van der Waals surface area contributed by atoms with Crippen molar-refractivity contribution in [2.24, 2.45) is 5.41 Å². The van der Waals surface area contributed by atoms with Crippen molar-refractivity contribution in [3.8, 4) is 11.5 Å². The first-order valence-corrected chi connectivity index (χ1v) is 7.59. The Morgan fingerprint density at radius 1 is 1.20 bits per heavy atom. The number of hydrogen-bond acceptors (Lipinski definition) is 3. The molecule has 2 rings (SSSR count). The molecule has 1 N–H and O–H groups in total. The van der Waals surface area contributed by atoms with Gasteiger partial charge in [0.2, 0.25) is 0 Å². The van der Waals surface area contributed by atoms with E-state index >= 15 is 0 Å². The summed E-state index contributed by atoms with van der Waals surface area (Å²) in [7, 11) is 3.35. The molecule has 1 saturated carbocycles. The highest BCUT2D eigenvalue weighted by molar-refractivity contribution is 5.43. The largest absolute Gasteiger partial charge is 0.493 e. The lowest BCUT2D eigenvalue weighted by molar-refractivity contribution is 0.120. The first kappa shape index (κ1) is 15.2. The summed E-state index contributed by atoms with van der Waals surface area (Å²) >= 11 is 0. The van der Waals surface area contributed by atoms with E-state index in [1.54, 1.807) is 14.2 Å². The minimum Gasteiger partial charge on any atom is -0.493 e. The van der Waals surface area contributed by atoms with E-state index < -0.39 is 0 Å². The van der Waals surface area contributed by atoms with Crippen molar-refractivity contribution in [1.82, 2.24) is 5.32 Å². The van der Waals surface area contributed by atoms with Crippen LogP contribution in [0.5, 0.6) is 11.5 Å². The highest BCUT2D eigenvalue weighted by atomic mass is 16.5. The van der Waals surface area contributed by atoms with Gasteiger partial charge in [0.15, 0.2) is 11.5 Å². The quantitative estimate of drug-likeness (QED) is 0.819. The van der Waals surface area contributed by atoms with E-state index in [0.29, 0.717) is 11.5 Å². The number of nitrogens with one attached hydrogen (secondary N) is 1. The third kappa shape index (κ3) is 3.09. The molecule has 3 nitrogen and oxygen atoms in total. The molecule has 0 heterocycles. The maximum Gasteiger partial charge on any atom is 0.161 e. The number of rotatable bonds is 7. The minimum absolute atomic E-state index is 0.332. The summed E-state index contributed by atoms with van der Waals surface area (Å²) in [5, 5.41) is 3.69. The molecule has 0 radical (unpaired) electrons. The summed E-state index contributed by atoms with van der Waals surface area (Å²) in [6, 6.07) is 6.48. The van der Waals surface area contributed by atoms with Gasteiger partial charge in [0.05, 0.1) is 14.2 Å². The minimum atomic E-state index is 0.332. The second-order valence-corrected chi connectivity index (χ2v) is 5.92. The van der Waals surface area contributed by atoms with E-state index in [1.807, 2.05) is 6.07 Å². The van der Waals surface area contributed by atoms with Gasteiger partial charge in [-0.25, -0.2) is 0 Å². The zero-order valence-corrected chi connectivity index (χ0v) is 13.2.